The van der Waals surface area contributed by atoms with Gasteiger partial charge in [0.1, 0.15) is 11.5 Å². The minimum Gasteiger partial charge on any atom is -0.508 e. The average Bonchev–Trinajstić information content (AvgIpc) is 2.74. The summed E-state index contributed by atoms with van der Waals surface area (Å²) >= 11 is 0. The zero-order chi connectivity index (χ0) is 19.8. The Balaban J connectivity index is 1.89. The maximum atomic E-state index is 10.4. The minimum atomic E-state index is 0.242. The van der Waals surface area contributed by atoms with Crippen LogP contribution in [0.3, 0.4) is 0 Å². The summed E-state index contributed by atoms with van der Waals surface area (Å²) < 4.78 is 5.37. The molecule has 3 rings (SSSR count). The van der Waals surface area contributed by atoms with Crippen molar-refractivity contribution >= 4 is 25.8 Å². The summed E-state index contributed by atoms with van der Waals surface area (Å²) in [4.78, 5) is 4.62. The Morgan fingerprint density at radius 1 is 1.04 bits per heavy atom. The van der Waals surface area contributed by atoms with E-state index < -0.39 is 0 Å². The molecule has 0 aromatic heterocycles. The van der Waals surface area contributed by atoms with Gasteiger partial charge in [-0.3, -0.25) is 4.99 Å². The fraction of sp³-hybridized carbons (Fsp3) is 0.208. The summed E-state index contributed by atoms with van der Waals surface area (Å²) in [5, 5.41) is 11.7. The molecule has 2 unspecified atom stereocenters. The van der Waals surface area contributed by atoms with Crippen LogP contribution in [0, 0.1) is 0 Å². The summed E-state index contributed by atoms with van der Waals surface area (Å²) in [5.41, 5.74) is 3.25. The second kappa shape index (κ2) is 10.1. The molecular formula is C24H26NO2P. The van der Waals surface area contributed by atoms with Crippen molar-refractivity contribution in [2.24, 2.45) is 4.99 Å². The molecule has 0 fully saturated rings. The van der Waals surface area contributed by atoms with Gasteiger partial charge in [0, 0.05) is 23.0 Å². The molecular weight excluding hydrogens is 365 g/mol. The molecule has 0 radical (unpaired) electrons. The molecule has 0 aliphatic rings. The minimum absolute atomic E-state index is 0.242. The number of para-hydroxylation sites is 1. The monoisotopic (exact) mass is 391 g/mol. The molecule has 0 spiro atoms. The normalized spacial score (nSPS) is 12.6. The lowest BCUT2D eigenvalue weighted by molar-refractivity contribution is 0.410. The standard InChI is InChI=1S/C24H26NO2P/c1-3-9-24(21-16-20(27-2)14-15-22(21)26)28-23-13-8-7-10-18(23)17-25-19-11-5-4-6-12-19/h4-8,10-17,24,26,28H,3,9H2,1-2H3. The molecule has 0 aliphatic carbocycles. The van der Waals surface area contributed by atoms with Crippen LogP contribution in [0.15, 0.2) is 77.8 Å². The lowest BCUT2D eigenvalue weighted by Crippen LogP contribution is -2.07. The predicted octanol–water partition coefficient (Wildman–Crippen LogP) is 6.00. The van der Waals surface area contributed by atoms with Crippen LogP contribution >= 0.6 is 8.58 Å². The number of methoxy groups -OCH3 is 1. The molecule has 0 heterocycles. The van der Waals surface area contributed by atoms with E-state index >= 15 is 0 Å². The van der Waals surface area contributed by atoms with Crippen LogP contribution in [-0.4, -0.2) is 18.4 Å². The molecule has 3 nitrogen and oxygen atoms in total. The second-order valence-electron chi connectivity index (χ2n) is 6.59. The number of hydrogen-bond acceptors (Lipinski definition) is 3. The van der Waals surface area contributed by atoms with E-state index in [1.54, 1.807) is 19.2 Å². The van der Waals surface area contributed by atoms with Crippen molar-refractivity contribution in [3.8, 4) is 11.5 Å². The predicted molar refractivity (Wildman–Crippen MR) is 120 cm³/mol. The molecule has 0 bridgehead atoms. The van der Waals surface area contributed by atoms with E-state index in [-0.39, 0.29) is 5.66 Å². The van der Waals surface area contributed by atoms with Gasteiger partial charge in [-0.05, 0) is 42.1 Å². The van der Waals surface area contributed by atoms with Gasteiger partial charge < -0.3 is 9.84 Å². The van der Waals surface area contributed by atoms with Crippen molar-refractivity contribution in [2.75, 3.05) is 7.11 Å². The highest BCUT2D eigenvalue weighted by molar-refractivity contribution is 7.47. The molecule has 3 aromatic rings. The molecule has 0 aliphatic heterocycles. The van der Waals surface area contributed by atoms with Gasteiger partial charge in [0.05, 0.1) is 12.8 Å². The summed E-state index contributed by atoms with van der Waals surface area (Å²) in [6, 6.07) is 23.8. The first-order valence-electron chi connectivity index (χ1n) is 9.53. The molecule has 2 atom stereocenters. The van der Waals surface area contributed by atoms with Crippen molar-refractivity contribution in [1.82, 2.24) is 0 Å². The van der Waals surface area contributed by atoms with E-state index in [1.807, 2.05) is 48.7 Å². The van der Waals surface area contributed by atoms with Crippen molar-refractivity contribution < 1.29 is 9.84 Å². The number of aromatic hydroxyl groups is 1. The highest BCUT2D eigenvalue weighted by Gasteiger charge is 2.17. The van der Waals surface area contributed by atoms with E-state index in [0.717, 1.165) is 35.4 Å². The number of phenols is 1. The van der Waals surface area contributed by atoms with Gasteiger partial charge in [-0.25, -0.2) is 0 Å². The third-order valence-corrected chi connectivity index (χ3v) is 6.30. The molecule has 1 N–H and O–H groups in total. The van der Waals surface area contributed by atoms with Gasteiger partial charge in [-0.2, -0.15) is 0 Å². The molecule has 0 saturated carbocycles. The fourth-order valence-corrected chi connectivity index (χ4v) is 4.82. The van der Waals surface area contributed by atoms with Gasteiger partial charge in [0.2, 0.25) is 0 Å². The zero-order valence-corrected chi connectivity index (χ0v) is 17.3. The number of nitrogens with zero attached hydrogens (tertiary/aromatic N) is 1. The first kappa shape index (κ1) is 20.1. The van der Waals surface area contributed by atoms with E-state index in [1.165, 1.54) is 5.30 Å². The van der Waals surface area contributed by atoms with Crippen LogP contribution in [0.2, 0.25) is 0 Å². The molecule has 4 heteroatoms. The van der Waals surface area contributed by atoms with Gasteiger partial charge in [-0.1, -0.05) is 64.4 Å². The van der Waals surface area contributed by atoms with E-state index in [9.17, 15) is 5.11 Å². The summed E-state index contributed by atoms with van der Waals surface area (Å²) in [6.45, 7) is 2.18. The summed E-state index contributed by atoms with van der Waals surface area (Å²) in [6.07, 6.45) is 3.99. The van der Waals surface area contributed by atoms with Crippen LogP contribution in [0.1, 0.15) is 36.6 Å². The van der Waals surface area contributed by atoms with E-state index in [2.05, 4.69) is 30.1 Å². The quantitative estimate of drug-likeness (QED) is 0.378. The first-order valence-corrected chi connectivity index (χ1v) is 10.6. The lowest BCUT2D eigenvalue weighted by atomic mass is 10.1. The highest BCUT2D eigenvalue weighted by atomic mass is 31.1. The number of benzene rings is 3. The third-order valence-electron chi connectivity index (χ3n) is 4.59. The van der Waals surface area contributed by atoms with Gasteiger partial charge in [-0.15, -0.1) is 0 Å². The Morgan fingerprint density at radius 3 is 2.54 bits per heavy atom. The number of phenolic OH excluding ortho intramolecular Hbond substituents is 1. The number of ether oxygens (including phenoxy) is 1. The van der Waals surface area contributed by atoms with Gasteiger partial charge >= 0.3 is 0 Å². The molecule has 28 heavy (non-hydrogen) atoms. The van der Waals surface area contributed by atoms with Crippen molar-refractivity contribution in [1.29, 1.82) is 0 Å². The lowest BCUT2D eigenvalue weighted by Gasteiger charge is -2.20. The first-order chi connectivity index (χ1) is 13.7. The Morgan fingerprint density at radius 2 is 1.79 bits per heavy atom. The largest absolute Gasteiger partial charge is 0.508 e. The molecule has 0 saturated heterocycles. The molecule has 144 valence electrons. The maximum absolute atomic E-state index is 10.4. The fourth-order valence-electron chi connectivity index (χ4n) is 3.12. The van der Waals surface area contributed by atoms with Crippen LogP contribution in [0.25, 0.3) is 0 Å². The van der Waals surface area contributed by atoms with Crippen LogP contribution in [0.4, 0.5) is 5.69 Å². The summed E-state index contributed by atoms with van der Waals surface area (Å²) in [5.74, 6) is 1.11. The Kier molecular flexibility index (Phi) is 7.22. The average molecular weight is 391 g/mol. The van der Waals surface area contributed by atoms with Gasteiger partial charge in [0.15, 0.2) is 0 Å². The summed E-state index contributed by atoms with van der Waals surface area (Å²) in [7, 11) is 2.19. The number of aliphatic imine (C=N–C) groups is 1. The maximum Gasteiger partial charge on any atom is 0.119 e. The number of hydrogen-bond donors (Lipinski definition) is 1. The van der Waals surface area contributed by atoms with Crippen LogP contribution in [0.5, 0.6) is 11.5 Å². The molecule has 0 amide bonds. The van der Waals surface area contributed by atoms with Crippen molar-refractivity contribution in [2.45, 2.75) is 25.4 Å². The Hall–Kier alpha value is -2.64. The molecule has 3 aromatic carbocycles. The van der Waals surface area contributed by atoms with Crippen LogP contribution in [-0.2, 0) is 0 Å². The zero-order valence-electron chi connectivity index (χ0n) is 16.3. The van der Waals surface area contributed by atoms with Crippen LogP contribution < -0.4 is 10.0 Å². The Bertz CT molecular complexity index is 925. The Labute approximate surface area is 168 Å². The highest BCUT2D eigenvalue weighted by Crippen LogP contribution is 2.43. The number of rotatable bonds is 8. The van der Waals surface area contributed by atoms with Gasteiger partial charge in [0.25, 0.3) is 0 Å². The van der Waals surface area contributed by atoms with Crippen molar-refractivity contribution in [3.05, 3.63) is 83.9 Å². The third kappa shape index (κ3) is 5.21. The van der Waals surface area contributed by atoms with E-state index in [0.29, 0.717) is 14.3 Å². The SMILES string of the molecule is CCCC(Pc1ccccc1C=Nc1ccccc1)c1cc(OC)ccc1O. The second-order valence-corrected chi connectivity index (χ2v) is 8.12. The topological polar surface area (TPSA) is 41.8 Å². The van der Waals surface area contributed by atoms with E-state index in [4.69, 9.17) is 4.74 Å². The van der Waals surface area contributed by atoms with Crippen molar-refractivity contribution in [3.63, 3.8) is 0 Å². The smallest absolute Gasteiger partial charge is 0.119 e.